The van der Waals surface area contributed by atoms with Gasteiger partial charge in [-0.25, -0.2) is 0 Å². The maximum Gasteiger partial charge on any atom is 0.119 e. The van der Waals surface area contributed by atoms with E-state index in [0.29, 0.717) is 6.42 Å². The fraction of sp³-hybridized carbons (Fsp3) is 0.333. The van der Waals surface area contributed by atoms with E-state index in [1.165, 1.54) is 0 Å². The first-order chi connectivity index (χ1) is 5.70. The van der Waals surface area contributed by atoms with E-state index in [2.05, 4.69) is 0 Å². The van der Waals surface area contributed by atoms with Gasteiger partial charge in [0, 0.05) is 11.6 Å². The molecule has 0 heterocycles. The van der Waals surface area contributed by atoms with Crippen molar-refractivity contribution in [3.8, 4) is 5.75 Å². The minimum atomic E-state index is -0.618. The smallest absolute Gasteiger partial charge is 0.119 e. The molecule has 0 spiro atoms. The van der Waals surface area contributed by atoms with Crippen LogP contribution in [-0.2, 0) is 6.42 Å². The van der Waals surface area contributed by atoms with Gasteiger partial charge in [0.05, 0.1) is 6.10 Å². The first kappa shape index (κ1) is 7.58. The molecule has 0 saturated carbocycles. The molecule has 2 atom stereocenters. The number of nitrogens with two attached hydrogens (primary N) is 1. The van der Waals surface area contributed by atoms with Gasteiger partial charge in [-0.05, 0) is 18.1 Å². The minimum Gasteiger partial charge on any atom is -0.508 e. The molecule has 0 saturated heterocycles. The molecule has 0 aromatic heterocycles. The molecule has 3 heteroatoms. The lowest BCUT2D eigenvalue weighted by molar-refractivity contribution is 0.159. The Morgan fingerprint density at radius 1 is 1.42 bits per heavy atom. The van der Waals surface area contributed by atoms with E-state index in [-0.39, 0.29) is 11.8 Å². The van der Waals surface area contributed by atoms with Gasteiger partial charge in [0.25, 0.3) is 0 Å². The van der Waals surface area contributed by atoms with Crippen molar-refractivity contribution in [2.75, 3.05) is 0 Å². The van der Waals surface area contributed by atoms with Crippen LogP contribution >= 0.6 is 0 Å². The number of rotatable bonds is 0. The van der Waals surface area contributed by atoms with Crippen molar-refractivity contribution >= 4 is 0 Å². The zero-order chi connectivity index (χ0) is 8.72. The van der Waals surface area contributed by atoms with Gasteiger partial charge in [-0.15, -0.1) is 0 Å². The molecule has 0 amide bonds. The van der Waals surface area contributed by atoms with Gasteiger partial charge in [-0.1, -0.05) is 12.1 Å². The zero-order valence-corrected chi connectivity index (χ0v) is 6.57. The molecular formula is C9H11NO2. The third-order valence-electron chi connectivity index (χ3n) is 2.35. The summed E-state index contributed by atoms with van der Waals surface area (Å²) in [6, 6.07) is 4.86. The first-order valence-corrected chi connectivity index (χ1v) is 3.94. The molecule has 12 heavy (non-hydrogen) atoms. The van der Waals surface area contributed by atoms with E-state index >= 15 is 0 Å². The second kappa shape index (κ2) is 2.47. The van der Waals surface area contributed by atoms with E-state index in [9.17, 15) is 10.2 Å². The van der Waals surface area contributed by atoms with Crippen LogP contribution in [0.15, 0.2) is 18.2 Å². The second-order valence-corrected chi connectivity index (χ2v) is 3.16. The van der Waals surface area contributed by atoms with Crippen molar-refractivity contribution in [3.05, 3.63) is 29.3 Å². The Kier molecular flexibility index (Phi) is 1.56. The summed E-state index contributed by atoms with van der Waals surface area (Å²) in [4.78, 5) is 0. The van der Waals surface area contributed by atoms with Crippen LogP contribution in [0.4, 0.5) is 0 Å². The number of hydrogen-bond acceptors (Lipinski definition) is 3. The number of aliphatic hydroxyl groups excluding tert-OH is 1. The number of aliphatic hydroxyl groups is 1. The lowest BCUT2D eigenvalue weighted by atomic mass is 10.1. The summed E-state index contributed by atoms with van der Waals surface area (Å²) < 4.78 is 0. The van der Waals surface area contributed by atoms with Crippen molar-refractivity contribution in [2.45, 2.75) is 18.6 Å². The number of hydrogen-bond donors (Lipinski definition) is 3. The summed E-state index contributed by atoms with van der Waals surface area (Å²) in [6.07, 6.45) is -0.0597. The van der Waals surface area contributed by atoms with Gasteiger partial charge in [-0.3, -0.25) is 0 Å². The van der Waals surface area contributed by atoms with E-state index in [4.69, 9.17) is 5.73 Å². The number of benzene rings is 1. The summed E-state index contributed by atoms with van der Waals surface area (Å²) in [6.45, 7) is 0. The Hall–Kier alpha value is -1.06. The van der Waals surface area contributed by atoms with Gasteiger partial charge >= 0.3 is 0 Å². The lowest BCUT2D eigenvalue weighted by Crippen LogP contribution is -2.24. The summed E-state index contributed by atoms with van der Waals surface area (Å²) in [7, 11) is 0. The lowest BCUT2D eigenvalue weighted by Gasteiger charge is -2.07. The van der Waals surface area contributed by atoms with E-state index in [1.807, 2.05) is 0 Å². The Bertz CT molecular complexity index is 311. The molecule has 1 aliphatic rings. The average molecular weight is 165 g/mol. The normalized spacial score (nSPS) is 27.2. The first-order valence-electron chi connectivity index (χ1n) is 3.94. The number of fused-ring (bicyclic) bond motifs is 1. The Morgan fingerprint density at radius 2 is 2.17 bits per heavy atom. The molecule has 2 rings (SSSR count). The average Bonchev–Trinajstić information content (AvgIpc) is 2.32. The third kappa shape index (κ3) is 0.906. The summed E-state index contributed by atoms with van der Waals surface area (Å²) in [5.41, 5.74) is 7.19. The molecule has 4 N–H and O–H groups in total. The molecule has 0 aliphatic heterocycles. The number of phenolic OH excluding ortho intramolecular Hbond substituents is 1. The van der Waals surface area contributed by atoms with E-state index < -0.39 is 6.10 Å². The maximum atomic E-state index is 9.54. The molecule has 0 fully saturated rings. The molecule has 2 unspecified atom stereocenters. The number of aromatic hydroxyl groups is 1. The van der Waals surface area contributed by atoms with Gasteiger partial charge in [0.15, 0.2) is 0 Å². The van der Waals surface area contributed by atoms with Crippen LogP contribution in [0.3, 0.4) is 0 Å². The van der Waals surface area contributed by atoms with Gasteiger partial charge < -0.3 is 15.9 Å². The predicted molar refractivity (Wildman–Crippen MR) is 44.7 cm³/mol. The van der Waals surface area contributed by atoms with Crippen LogP contribution in [0.1, 0.15) is 17.2 Å². The van der Waals surface area contributed by atoms with E-state index in [0.717, 1.165) is 11.1 Å². The van der Waals surface area contributed by atoms with E-state index in [1.54, 1.807) is 18.2 Å². The van der Waals surface area contributed by atoms with Crippen LogP contribution in [0.25, 0.3) is 0 Å². The highest BCUT2D eigenvalue weighted by Crippen LogP contribution is 2.35. The van der Waals surface area contributed by atoms with Crippen LogP contribution in [0.2, 0.25) is 0 Å². The molecule has 64 valence electrons. The highest BCUT2D eigenvalue weighted by atomic mass is 16.3. The third-order valence-corrected chi connectivity index (χ3v) is 2.35. The maximum absolute atomic E-state index is 9.54. The molecule has 0 bridgehead atoms. The Morgan fingerprint density at radius 3 is 2.83 bits per heavy atom. The summed E-state index contributed by atoms with van der Waals surface area (Å²) >= 11 is 0. The van der Waals surface area contributed by atoms with Crippen LogP contribution < -0.4 is 5.73 Å². The molecule has 1 aromatic carbocycles. The fourth-order valence-electron chi connectivity index (χ4n) is 1.67. The fourth-order valence-corrected chi connectivity index (χ4v) is 1.67. The monoisotopic (exact) mass is 165 g/mol. The quantitative estimate of drug-likeness (QED) is 0.518. The SMILES string of the molecule is NC1Cc2c(O)cccc2C1O. The molecule has 0 radical (unpaired) electrons. The summed E-state index contributed by atoms with van der Waals surface area (Å²) in [5, 5.41) is 18.9. The van der Waals surface area contributed by atoms with Gasteiger partial charge in [-0.2, -0.15) is 0 Å². The Labute approximate surface area is 70.4 Å². The van der Waals surface area contributed by atoms with Crippen molar-refractivity contribution < 1.29 is 10.2 Å². The van der Waals surface area contributed by atoms with Crippen molar-refractivity contribution in [2.24, 2.45) is 5.73 Å². The van der Waals surface area contributed by atoms with Gasteiger partial charge in [0.1, 0.15) is 5.75 Å². The highest BCUT2D eigenvalue weighted by molar-refractivity contribution is 5.45. The molecule has 3 nitrogen and oxygen atoms in total. The highest BCUT2D eigenvalue weighted by Gasteiger charge is 2.29. The topological polar surface area (TPSA) is 66.5 Å². The Balaban J connectivity index is 2.53. The second-order valence-electron chi connectivity index (χ2n) is 3.16. The van der Waals surface area contributed by atoms with Crippen LogP contribution in [-0.4, -0.2) is 16.3 Å². The standard InChI is InChI=1S/C9H11NO2/c10-7-4-6-5(9(7)12)2-1-3-8(6)11/h1-3,7,9,11-12H,4,10H2. The number of phenols is 1. The summed E-state index contributed by atoms with van der Waals surface area (Å²) in [5.74, 6) is 0.236. The zero-order valence-electron chi connectivity index (χ0n) is 6.57. The van der Waals surface area contributed by atoms with Crippen LogP contribution in [0, 0.1) is 0 Å². The van der Waals surface area contributed by atoms with Crippen molar-refractivity contribution in [3.63, 3.8) is 0 Å². The largest absolute Gasteiger partial charge is 0.508 e. The predicted octanol–water partition coefficient (Wildman–Crippen LogP) is 0.309. The molecule has 1 aliphatic carbocycles. The van der Waals surface area contributed by atoms with Crippen molar-refractivity contribution in [1.29, 1.82) is 0 Å². The molecular weight excluding hydrogens is 154 g/mol. The molecule has 1 aromatic rings. The van der Waals surface area contributed by atoms with Crippen LogP contribution in [0.5, 0.6) is 5.75 Å². The van der Waals surface area contributed by atoms with Crippen molar-refractivity contribution in [1.82, 2.24) is 0 Å². The minimum absolute atomic E-state index is 0.236. The van der Waals surface area contributed by atoms with Gasteiger partial charge in [0.2, 0.25) is 0 Å².